The van der Waals surface area contributed by atoms with Gasteiger partial charge in [-0.2, -0.15) is 0 Å². The van der Waals surface area contributed by atoms with E-state index in [1.165, 1.54) is 38.5 Å². The number of aliphatic hydroxyl groups excluding tert-OH is 2. The molecule has 0 aliphatic heterocycles. The van der Waals surface area contributed by atoms with Crippen LogP contribution in [-0.2, 0) is 4.74 Å². The second-order valence-corrected chi connectivity index (χ2v) is 4.85. The van der Waals surface area contributed by atoms with Gasteiger partial charge >= 0.3 is 0 Å². The van der Waals surface area contributed by atoms with Crippen LogP contribution in [0.3, 0.4) is 0 Å². The Hall–Kier alpha value is -0.120. The fourth-order valence-electron chi connectivity index (χ4n) is 2.38. The molecule has 0 bridgehead atoms. The summed E-state index contributed by atoms with van der Waals surface area (Å²) in [6.07, 6.45) is 12.4. The minimum atomic E-state index is -0.194. The molecule has 0 aromatic heterocycles. The smallest absolute Gasteiger partial charge is 0.143 e. The Labute approximate surface area is 98.8 Å². The molecule has 0 radical (unpaired) electrons. The summed E-state index contributed by atoms with van der Waals surface area (Å²) < 4.78 is 4.98. The van der Waals surface area contributed by atoms with Gasteiger partial charge in [0.2, 0.25) is 0 Å². The lowest BCUT2D eigenvalue weighted by Crippen LogP contribution is -2.24. The third-order valence-corrected chi connectivity index (χ3v) is 3.45. The molecule has 0 heterocycles. The summed E-state index contributed by atoms with van der Waals surface area (Å²) in [5.41, 5.74) is 0. The number of hydrogen-bond acceptors (Lipinski definition) is 3. The van der Waals surface area contributed by atoms with E-state index in [4.69, 9.17) is 14.9 Å². The molecule has 0 spiro atoms. The Morgan fingerprint density at radius 3 is 1.62 bits per heavy atom. The van der Waals surface area contributed by atoms with Gasteiger partial charge in [0, 0.05) is 0 Å². The third-order valence-electron chi connectivity index (χ3n) is 3.45. The number of hydrogen-bond donors (Lipinski definition) is 2. The molecule has 0 saturated heterocycles. The van der Waals surface area contributed by atoms with Crippen molar-refractivity contribution < 1.29 is 14.9 Å². The highest BCUT2D eigenvalue weighted by molar-refractivity contribution is 4.70. The van der Waals surface area contributed by atoms with Gasteiger partial charge in [0.05, 0.1) is 12.2 Å². The van der Waals surface area contributed by atoms with Gasteiger partial charge < -0.3 is 14.9 Å². The van der Waals surface area contributed by atoms with Gasteiger partial charge in [-0.25, -0.2) is 0 Å². The largest absolute Gasteiger partial charge is 0.393 e. The quantitative estimate of drug-likeness (QED) is 0.717. The van der Waals surface area contributed by atoms with E-state index in [-0.39, 0.29) is 19.0 Å². The SMILES string of the molecule is C1CCCCC1.OCOC1CCC(O)CC1. The molecule has 0 amide bonds. The van der Waals surface area contributed by atoms with E-state index in [2.05, 4.69) is 0 Å². The summed E-state index contributed by atoms with van der Waals surface area (Å²) in [6, 6.07) is 0. The van der Waals surface area contributed by atoms with Crippen molar-refractivity contribution in [2.45, 2.75) is 76.4 Å². The van der Waals surface area contributed by atoms with Crippen molar-refractivity contribution >= 4 is 0 Å². The zero-order valence-corrected chi connectivity index (χ0v) is 10.2. The van der Waals surface area contributed by atoms with E-state index in [1.807, 2.05) is 0 Å². The zero-order valence-electron chi connectivity index (χ0n) is 10.2. The summed E-state index contributed by atoms with van der Waals surface area (Å²) in [6.45, 7) is -0.194. The molecule has 2 saturated carbocycles. The highest BCUT2D eigenvalue weighted by atomic mass is 16.6. The fraction of sp³-hybridized carbons (Fsp3) is 1.00. The van der Waals surface area contributed by atoms with Crippen molar-refractivity contribution in [2.75, 3.05) is 6.79 Å². The maximum absolute atomic E-state index is 9.08. The van der Waals surface area contributed by atoms with E-state index in [9.17, 15) is 0 Å². The predicted octanol–water partition coefficient (Wildman–Crippen LogP) is 2.60. The van der Waals surface area contributed by atoms with Gasteiger partial charge in [0.1, 0.15) is 6.79 Å². The van der Waals surface area contributed by atoms with Crippen LogP contribution in [0.2, 0.25) is 0 Å². The van der Waals surface area contributed by atoms with Gasteiger partial charge in [-0.3, -0.25) is 0 Å². The average Bonchev–Trinajstić information content (AvgIpc) is 2.35. The van der Waals surface area contributed by atoms with Gasteiger partial charge in [-0.15, -0.1) is 0 Å². The lowest BCUT2D eigenvalue weighted by atomic mass is 9.95. The monoisotopic (exact) mass is 230 g/mol. The zero-order chi connectivity index (χ0) is 11.6. The first kappa shape index (κ1) is 13.9. The third kappa shape index (κ3) is 6.46. The minimum absolute atomic E-state index is 0.140. The summed E-state index contributed by atoms with van der Waals surface area (Å²) in [5.74, 6) is 0. The number of aliphatic hydroxyl groups is 2. The molecule has 0 aromatic rings. The summed E-state index contributed by atoms with van der Waals surface area (Å²) in [7, 11) is 0. The van der Waals surface area contributed by atoms with Crippen molar-refractivity contribution in [3.8, 4) is 0 Å². The molecule has 2 aliphatic carbocycles. The van der Waals surface area contributed by atoms with E-state index in [0.29, 0.717) is 0 Å². The van der Waals surface area contributed by atoms with Crippen LogP contribution >= 0.6 is 0 Å². The Morgan fingerprint density at radius 1 is 0.812 bits per heavy atom. The molecular formula is C13H26O3. The Morgan fingerprint density at radius 2 is 1.25 bits per heavy atom. The van der Waals surface area contributed by atoms with Crippen molar-refractivity contribution in [1.29, 1.82) is 0 Å². The number of rotatable bonds is 2. The van der Waals surface area contributed by atoms with Crippen LogP contribution in [0.5, 0.6) is 0 Å². The molecule has 3 nitrogen and oxygen atoms in total. The first-order valence-electron chi connectivity index (χ1n) is 6.73. The lowest BCUT2D eigenvalue weighted by Gasteiger charge is -2.24. The molecule has 3 heteroatoms. The predicted molar refractivity (Wildman–Crippen MR) is 64.1 cm³/mol. The lowest BCUT2D eigenvalue weighted by molar-refractivity contribution is -0.0742. The second kappa shape index (κ2) is 8.97. The molecular weight excluding hydrogens is 204 g/mol. The summed E-state index contributed by atoms with van der Waals surface area (Å²) in [4.78, 5) is 0. The van der Waals surface area contributed by atoms with E-state index in [1.54, 1.807) is 0 Å². The molecule has 2 aliphatic rings. The van der Waals surface area contributed by atoms with Crippen molar-refractivity contribution in [1.82, 2.24) is 0 Å². The van der Waals surface area contributed by atoms with Crippen molar-refractivity contribution in [3.05, 3.63) is 0 Å². The Balaban J connectivity index is 0.000000181. The maximum Gasteiger partial charge on any atom is 0.143 e. The van der Waals surface area contributed by atoms with Gasteiger partial charge in [-0.05, 0) is 25.7 Å². The van der Waals surface area contributed by atoms with Crippen LogP contribution in [0.15, 0.2) is 0 Å². The van der Waals surface area contributed by atoms with Crippen LogP contribution in [0.25, 0.3) is 0 Å². The molecule has 96 valence electrons. The second-order valence-electron chi connectivity index (χ2n) is 4.85. The van der Waals surface area contributed by atoms with Gasteiger partial charge in [-0.1, -0.05) is 38.5 Å². The Bertz CT molecular complexity index is 138. The van der Waals surface area contributed by atoms with E-state index in [0.717, 1.165) is 25.7 Å². The fourth-order valence-corrected chi connectivity index (χ4v) is 2.38. The topological polar surface area (TPSA) is 49.7 Å². The first-order chi connectivity index (χ1) is 7.83. The highest BCUT2D eigenvalue weighted by Gasteiger charge is 2.18. The standard InChI is InChI=1S/C7H14O3.C6H12/c8-5-10-7-3-1-6(9)2-4-7;1-2-4-6-5-3-1/h6-9H,1-5H2;1-6H2. The molecule has 2 rings (SSSR count). The van der Waals surface area contributed by atoms with Gasteiger partial charge in [0.25, 0.3) is 0 Å². The Kier molecular flexibility index (Phi) is 7.81. The van der Waals surface area contributed by atoms with Crippen molar-refractivity contribution in [3.63, 3.8) is 0 Å². The van der Waals surface area contributed by atoms with Crippen LogP contribution in [0, 0.1) is 0 Å². The van der Waals surface area contributed by atoms with Crippen LogP contribution in [0.1, 0.15) is 64.2 Å². The van der Waals surface area contributed by atoms with Crippen LogP contribution in [-0.4, -0.2) is 29.2 Å². The van der Waals surface area contributed by atoms with E-state index < -0.39 is 0 Å². The minimum Gasteiger partial charge on any atom is -0.393 e. The average molecular weight is 230 g/mol. The normalized spacial score (nSPS) is 30.4. The summed E-state index contributed by atoms with van der Waals surface area (Å²) in [5, 5.41) is 17.5. The maximum atomic E-state index is 9.08. The van der Waals surface area contributed by atoms with Crippen molar-refractivity contribution in [2.24, 2.45) is 0 Å². The highest BCUT2D eigenvalue weighted by Crippen LogP contribution is 2.20. The van der Waals surface area contributed by atoms with Crippen LogP contribution < -0.4 is 0 Å². The molecule has 2 N–H and O–H groups in total. The van der Waals surface area contributed by atoms with Crippen LogP contribution in [0.4, 0.5) is 0 Å². The molecule has 0 aromatic carbocycles. The molecule has 16 heavy (non-hydrogen) atoms. The molecule has 0 unspecified atom stereocenters. The van der Waals surface area contributed by atoms with Gasteiger partial charge in [0.15, 0.2) is 0 Å². The van der Waals surface area contributed by atoms with E-state index >= 15 is 0 Å². The number of ether oxygens (including phenoxy) is 1. The first-order valence-corrected chi connectivity index (χ1v) is 6.73. The summed E-state index contributed by atoms with van der Waals surface area (Å²) >= 11 is 0. The molecule has 0 atom stereocenters. The molecule has 2 fully saturated rings.